The van der Waals surface area contributed by atoms with Gasteiger partial charge in [-0.2, -0.15) is 25.3 Å². The number of para-hydroxylation sites is 1. The van der Waals surface area contributed by atoms with Crippen molar-refractivity contribution in [3.05, 3.63) is 108 Å². The number of aromatic nitrogens is 1. The van der Waals surface area contributed by atoms with E-state index < -0.39 is 114 Å². The average Bonchev–Trinajstić information content (AvgIpc) is 3.79. The molecule has 0 saturated heterocycles. The molecule has 0 spiro atoms. The van der Waals surface area contributed by atoms with Crippen molar-refractivity contribution in [2.45, 2.75) is 120 Å². The number of carbonyl (C=O) groups is 9. The topological polar surface area (TPSA) is 387 Å². The van der Waals surface area contributed by atoms with Crippen molar-refractivity contribution < 1.29 is 63.6 Å². The van der Waals surface area contributed by atoms with Gasteiger partial charge in [0.15, 0.2) is 6.04 Å². The predicted molar refractivity (Wildman–Crippen MR) is 289 cm³/mol. The Morgan fingerprint density at radius 1 is 0.539 bits per heavy atom. The van der Waals surface area contributed by atoms with Crippen LogP contribution in [0.15, 0.2) is 91.1 Å². The molecule has 414 valence electrons. The molecule has 0 saturated carbocycles. The summed E-state index contributed by atoms with van der Waals surface area (Å²) in [5.41, 5.74) is 14.8. The van der Waals surface area contributed by atoms with Crippen LogP contribution in [-0.4, -0.2) is 157 Å². The smallest absolute Gasteiger partial charge is 0.328 e. The SMILES string of the molecule is CC(=O)O.C[C@@H](O)[C@H](NC(=O)[C@H](CS)NC(=O)[C@@H](NC(=O)[C@H](CCCCN)NC(=O)[C@@H](Cc1c[nH]c2ccccc12)NC(=O)[C@H](Cc1ccccc1)NC(=O)[C@H](CS)NC(=O)[C@H](N)Cc1ccccc1)[C@@H](C)O)C(=O)O. The van der Waals surface area contributed by atoms with Gasteiger partial charge in [0, 0.05) is 48.4 Å². The monoisotopic (exact) mass is 1090 g/mol. The van der Waals surface area contributed by atoms with Crippen molar-refractivity contribution >= 4 is 89.4 Å². The van der Waals surface area contributed by atoms with Gasteiger partial charge in [-0.25, -0.2) is 4.79 Å². The molecule has 4 rings (SSSR count). The summed E-state index contributed by atoms with van der Waals surface area (Å²) < 4.78 is 0. The van der Waals surface area contributed by atoms with Gasteiger partial charge in [0.25, 0.3) is 5.97 Å². The van der Waals surface area contributed by atoms with Gasteiger partial charge in [0.1, 0.15) is 36.3 Å². The number of carboxylic acids is 2. The van der Waals surface area contributed by atoms with Crippen LogP contribution in [0.1, 0.15) is 56.7 Å². The molecule has 0 bridgehead atoms. The molecule has 1 heterocycles. The van der Waals surface area contributed by atoms with E-state index in [1.165, 1.54) is 6.92 Å². The zero-order chi connectivity index (χ0) is 56.5. The van der Waals surface area contributed by atoms with Gasteiger partial charge < -0.3 is 74.1 Å². The summed E-state index contributed by atoms with van der Waals surface area (Å²) in [7, 11) is 0. The molecule has 0 aliphatic carbocycles. The van der Waals surface area contributed by atoms with Crippen molar-refractivity contribution in [2.24, 2.45) is 11.5 Å². The van der Waals surface area contributed by atoms with E-state index in [0.717, 1.165) is 30.3 Å². The standard InChI is InChI=1S/C49H66N10O11S2.C2H4O2/c1-27(60)40(48(68)57-39(26-72)47(67)59-41(28(2)61)49(69)70)58-43(63)35(19-11-12-20-50)53-45(65)37(23-31-24-52-34-18-10-9-17-32(31)34)55-44(64)36(22-30-15-7-4-8-16-30)54-46(66)38(25-71)56-42(62)33(51)21-29-13-5-3-6-14-29;1-2(3)4/h3-10,13-18,24,27-28,33,35-41,52,60-61,71-72H,11-12,19-23,25-26,50-51H2,1-2H3,(H,53,65)(H,54,66)(H,55,64)(H,56,62)(H,57,68)(H,58,63)(H,59,67)(H,69,70);1H3,(H,3,4)/t27-,28-,33-,35+,36+,37-,38+,39+,40+,41+;/m1./s1. The maximum absolute atomic E-state index is 14.6. The van der Waals surface area contributed by atoms with E-state index in [4.69, 9.17) is 21.4 Å². The maximum Gasteiger partial charge on any atom is 0.328 e. The zero-order valence-corrected chi connectivity index (χ0v) is 44.1. The van der Waals surface area contributed by atoms with Crippen LogP contribution in [0, 0.1) is 0 Å². The van der Waals surface area contributed by atoms with Crippen molar-refractivity contribution in [3.63, 3.8) is 0 Å². The molecule has 3 aromatic carbocycles. The minimum atomic E-state index is -1.72. The van der Waals surface area contributed by atoms with E-state index >= 15 is 0 Å². The van der Waals surface area contributed by atoms with E-state index in [-0.39, 0.29) is 43.7 Å². The summed E-state index contributed by atoms with van der Waals surface area (Å²) in [6.07, 6.45) is -0.677. The third kappa shape index (κ3) is 20.9. The quantitative estimate of drug-likeness (QED) is 0.0225. The van der Waals surface area contributed by atoms with Gasteiger partial charge in [-0.1, -0.05) is 78.9 Å². The molecule has 16 N–H and O–H groups in total. The second-order valence-electron chi connectivity index (χ2n) is 17.8. The normalized spacial score (nSPS) is 14.9. The number of aromatic amines is 1. The first-order valence-corrected chi connectivity index (χ1v) is 25.6. The largest absolute Gasteiger partial charge is 0.481 e. The number of carbonyl (C=O) groups excluding carboxylic acids is 7. The lowest BCUT2D eigenvalue weighted by molar-refractivity contribution is -0.145. The first-order chi connectivity index (χ1) is 36.1. The fraction of sp³-hybridized carbons (Fsp3) is 0.431. The van der Waals surface area contributed by atoms with E-state index in [9.17, 15) is 53.7 Å². The third-order valence-electron chi connectivity index (χ3n) is 11.6. The highest BCUT2D eigenvalue weighted by atomic mass is 32.1. The highest BCUT2D eigenvalue weighted by Crippen LogP contribution is 2.20. The number of nitrogens with two attached hydrogens (primary N) is 2. The molecule has 76 heavy (non-hydrogen) atoms. The van der Waals surface area contributed by atoms with Crippen LogP contribution in [0.3, 0.4) is 0 Å². The Labute approximate surface area is 450 Å². The summed E-state index contributed by atoms with van der Waals surface area (Å²) in [6, 6.07) is 13.8. The van der Waals surface area contributed by atoms with E-state index in [2.05, 4.69) is 67.5 Å². The predicted octanol–water partition coefficient (Wildman–Crippen LogP) is -1.16. The highest BCUT2D eigenvalue weighted by molar-refractivity contribution is 7.80. The van der Waals surface area contributed by atoms with Crippen LogP contribution in [0.2, 0.25) is 0 Å². The van der Waals surface area contributed by atoms with Crippen LogP contribution < -0.4 is 48.7 Å². The Morgan fingerprint density at radius 2 is 0.961 bits per heavy atom. The number of fused-ring (bicyclic) bond motifs is 1. The summed E-state index contributed by atoms with van der Waals surface area (Å²) in [4.78, 5) is 121. The fourth-order valence-electron chi connectivity index (χ4n) is 7.56. The number of aliphatic carboxylic acids is 2. The lowest BCUT2D eigenvalue weighted by Crippen LogP contribution is -2.62. The first kappa shape index (κ1) is 63.3. The number of amides is 7. The number of hydrogen-bond acceptors (Lipinski definition) is 15. The minimum Gasteiger partial charge on any atom is -0.481 e. The molecular formula is C51H70N10O13S2. The molecule has 1 aromatic heterocycles. The van der Waals surface area contributed by atoms with Gasteiger partial charge >= 0.3 is 5.97 Å². The Balaban J connectivity index is 0.00000366. The number of thiol groups is 2. The number of hydrogen-bond donors (Lipinski definition) is 16. The molecule has 4 aromatic rings. The average molecular weight is 1100 g/mol. The van der Waals surface area contributed by atoms with Crippen LogP contribution in [0.5, 0.6) is 0 Å². The first-order valence-electron chi connectivity index (χ1n) is 24.3. The summed E-state index contributed by atoms with van der Waals surface area (Å²) >= 11 is 8.40. The number of rotatable bonds is 29. The minimum absolute atomic E-state index is 0.0210. The summed E-state index contributed by atoms with van der Waals surface area (Å²) in [6.45, 7) is 3.66. The third-order valence-corrected chi connectivity index (χ3v) is 12.3. The molecule has 0 unspecified atom stereocenters. The molecule has 0 aliphatic heterocycles. The van der Waals surface area contributed by atoms with Crippen LogP contribution in [0.4, 0.5) is 0 Å². The second kappa shape index (κ2) is 32.4. The molecule has 0 aliphatic rings. The number of aliphatic hydroxyl groups is 2. The second-order valence-corrected chi connectivity index (χ2v) is 18.5. The van der Waals surface area contributed by atoms with Crippen LogP contribution >= 0.6 is 25.3 Å². The van der Waals surface area contributed by atoms with Gasteiger partial charge in [-0.05, 0) is 68.8 Å². The summed E-state index contributed by atoms with van der Waals surface area (Å²) in [5.74, 6) is -8.89. The fourth-order valence-corrected chi connectivity index (χ4v) is 8.07. The van der Waals surface area contributed by atoms with Gasteiger partial charge in [0.2, 0.25) is 41.4 Å². The number of carboxylic acid groups (broad SMARTS) is 2. The molecule has 25 heteroatoms. The number of unbranched alkanes of at least 4 members (excludes halogenated alkanes) is 1. The Bertz CT molecular complexity index is 2550. The van der Waals surface area contributed by atoms with Crippen molar-refractivity contribution in [1.82, 2.24) is 42.2 Å². The molecule has 23 nitrogen and oxygen atoms in total. The Hall–Kier alpha value is -7.03. The van der Waals surface area contributed by atoms with Crippen molar-refractivity contribution in [1.29, 1.82) is 0 Å². The van der Waals surface area contributed by atoms with Crippen molar-refractivity contribution in [2.75, 3.05) is 18.1 Å². The Kier molecular flexibility index (Phi) is 27.0. The number of aliphatic hydroxyl groups excluding tert-OH is 2. The Morgan fingerprint density at radius 3 is 1.47 bits per heavy atom. The number of nitrogens with one attached hydrogen (secondary N) is 8. The van der Waals surface area contributed by atoms with E-state index in [0.29, 0.717) is 24.0 Å². The van der Waals surface area contributed by atoms with Gasteiger partial charge in [-0.3, -0.25) is 38.4 Å². The lowest BCUT2D eigenvalue weighted by Gasteiger charge is -2.28. The van der Waals surface area contributed by atoms with E-state index in [1.54, 1.807) is 42.6 Å². The molecular weight excluding hydrogens is 1020 g/mol. The molecule has 0 radical (unpaired) electrons. The number of H-pyrrole nitrogens is 1. The van der Waals surface area contributed by atoms with Crippen LogP contribution in [-0.2, 0) is 62.4 Å². The van der Waals surface area contributed by atoms with Crippen LogP contribution in [0.25, 0.3) is 10.9 Å². The highest BCUT2D eigenvalue weighted by Gasteiger charge is 2.36. The summed E-state index contributed by atoms with van der Waals surface area (Å²) in [5, 5.41) is 55.8. The van der Waals surface area contributed by atoms with Gasteiger partial charge in [-0.15, -0.1) is 0 Å². The zero-order valence-electron chi connectivity index (χ0n) is 42.3. The maximum atomic E-state index is 14.6. The van der Waals surface area contributed by atoms with E-state index in [1.807, 2.05) is 48.5 Å². The molecule has 7 amide bonds. The lowest BCUT2D eigenvalue weighted by atomic mass is 10.0. The van der Waals surface area contributed by atoms with Crippen molar-refractivity contribution in [3.8, 4) is 0 Å². The number of benzene rings is 3. The van der Waals surface area contributed by atoms with Gasteiger partial charge in [0.05, 0.1) is 18.2 Å². The molecule has 0 fully saturated rings. The molecule has 10 atom stereocenters.